The summed E-state index contributed by atoms with van der Waals surface area (Å²) in [5.41, 5.74) is -0.0184. The van der Waals surface area contributed by atoms with Crippen molar-refractivity contribution in [3.05, 3.63) is 11.6 Å². The van der Waals surface area contributed by atoms with Crippen LogP contribution >= 0.6 is 0 Å². The van der Waals surface area contributed by atoms with Crippen molar-refractivity contribution in [1.82, 2.24) is 20.2 Å². The van der Waals surface area contributed by atoms with Gasteiger partial charge in [0.1, 0.15) is 12.1 Å². The van der Waals surface area contributed by atoms with Crippen LogP contribution in [0.25, 0.3) is 0 Å². The predicted molar refractivity (Wildman–Crippen MR) is 127 cm³/mol. The van der Waals surface area contributed by atoms with Gasteiger partial charge in [-0.15, -0.1) is 0 Å². The molecule has 3 unspecified atom stereocenters. The Kier molecular flexibility index (Phi) is 10.4. The Morgan fingerprint density at radius 3 is 2.31 bits per heavy atom. The van der Waals surface area contributed by atoms with E-state index in [-0.39, 0.29) is 35.8 Å². The third kappa shape index (κ3) is 7.30. The van der Waals surface area contributed by atoms with Crippen LogP contribution in [0, 0.1) is 11.3 Å². The van der Waals surface area contributed by atoms with E-state index in [0.717, 1.165) is 19.4 Å². The number of carbonyl (C=O) groups is 3. The van der Waals surface area contributed by atoms with E-state index in [1.54, 1.807) is 31.9 Å². The van der Waals surface area contributed by atoms with Crippen molar-refractivity contribution < 1.29 is 19.1 Å². The third-order valence-corrected chi connectivity index (χ3v) is 6.15. The SMILES string of the molecule is CCOC(=O)/C(C)=C/C(C(C)C)N(C)C(=O)C(NC(=O)C1CCCN(C)N1C)C(C)(C)C. The zero-order valence-electron chi connectivity index (χ0n) is 21.7. The van der Waals surface area contributed by atoms with Gasteiger partial charge >= 0.3 is 5.97 Å². The molecule has 1 aliphatic heterocycles. The zero-order chi connectivity index (χ0) is 24.8. The van der Waals surface area contributed by atoms with Gasteiger partial charge in [0.25, 0.3) is 0 Å². The molecule has 1 fully saturated rings. The van der Waals surface area contributed by atoms with Crippen LogP contribution in [0.4, 0.5) is 0 Å². The molecule has 1 saturated heterocycles. The number of carbonyl (C=O) groups excluding carboxylic acids is 3. The van der Waals surface area contributed by atoms with Gasteiger partial charge in [0.15, 0.2) is 0 Å². The first kappa shape index (κ1) is 28.1. The summed E-state index contributed by atoms with van der Waals surface area (Å²) in [6, 6.07) is -1.31. The van der Waals surface area contributed by atoms with Crippen molar-refractivity contribution in [2.24, 2.45) is 11.3 Å². The van der Waals surface area contributed by atoms with Gasteiger partial charge in [0.05, 0.1) is 12.6 Å². The summed E-state index contributed by atoms with van der Waals surface area (Å²) in [7, 11) is 5.60. The van der Waals surface area contributed by atoms with E-state index >= 15 is 0 Å². The number of rotatable bonds is 8. The molecule has 184 valence electrons. The fourth-order valence-corrected chi connectivity index (χ4v) is 3.96. The molecule has 32 heavy (non-hydrogen) atoms. The molecule has 1 rings (SSSR count). The second-order valence-corrected chi connectivity index (χ2v) is 10.2. The lowest BCUT2D eigenvalue weighted by atomic mass is 9.84. The monoisotopic (exact) mass is 452 g/mol. The van der Waals surface area contributed by atoms with Crippen LogP contribution in [0.1, 0.15) is 61.3 Å². The largest absolute Gasteiger partial charge is 0.463 e. The minimum atomic E-state index is -0.696. The summed E-state index contributed by atoms with van der Waals surface area (Å²) in [4.78, 5) is 40.5. The highest BCUT2D eigenvalue weighted by Crippen LogP contribution is 2.25. The molecule has 0 aliphatic carbocycles. The molecular formula is C24H44N4O4. The van der Waals surface area contributed by atoms with Gasteiger partial charge in [-0.25, -0.2) is 14.8 Å². The molecule has 1 heterocycles. The lowest BCUT2D eigenvalue weighted by Gasteiger charge is -2.41. The van der Waals surface area contributed by atoms with Crippen molar-refractivity contribution in [2.45, 2.75) is 79.4 Å². The van der Waals surface area contributed by atoms with E-state index < -0.39 is 11.5 Å². The van der Waals surface area contributed by atoms with Crippen molar-refractivity contribution in [3.8, 4) is 0 Å². The van der Waals surface area contributed by atoms with Crippen LogP contribution in [-0.4, -0.2) is 85.1 Å². The highest BCUT2D eigenvalue weighted by molar-refractivity contribution is 5.91. The normalized spacial score (nSPS) is 20.6. The molecule has 1 N–H and O–H groups in total. The zero-order valence-corrected chi connectivity index (χ0v) is 21.7. The summed E-state index contributed by atoms with van der Waals surface area (Å²) in [6.45, 7) is 14.5. The van der Waals surface area contributed by atoms with Gasteiger partial charge in [-0.1, -0.05) is 40.7 Å². The lowest BCUT2D eigenvalue weighted by molar-refractivity contribution is -0.145. The number of likely N-dealkylation sites (N-methyl/N-ethyl adjacent to an activating group) is 2. The number of nitrogens with zero attached hydrogens (tertiary/aromatic N) is 3. The number of amides is 2. The van der Waals surface area contributed by atoms with E-state index in [9.17, 15) is 14.4 Å². The average molecular weight is 453 g/mol. The van der Waals surface area contributed by atoms with Crippen molar-refractivity contribution >= 4 is 17.8 Å². The molecule has 0 aromatic rings. The molecule has 0 saturated carbocycles. The highest BCUT2D eigenvalue weighted by atomic mass is 16.5. The Balaban J connectivity index is 3.12. The summed E-state index contributed by atoms with van der Waals surface area (Å²) >= 11 is 0. The second kappa shape index (κ2) is 11.8. The Morgan fingerprint density at radius 1 is 1.22 bits per heavy atom. The Labute approximate surface area is 194 Å². The van der Waals surface area contributed by atoms with E-state index in [1.165, 1.54) is 0 Å². The number of esters is 1. The molecule has 0 bridgehead atoms. The summed E-state index contributed by atoms with van der Waals surface area (Å²) in [5, 5.41) is 7.01. The maximum Gasteiger partial charge on any atom is 0.333 e. The number of nitrogens with one attached hydrogen (secondary N) is 1. The second-order valence-electron chi connectivity index (χ2n) is 10.2. The lowest BCUT2D eigenvalue weighted by Crippen LogP contribution is -2.61. The standard InChI is InChI=1S/C24H44N4O4/c1-11-32-23(31)17(4)15-19(16(2)3)27(9)22(30)20(24(5,6)7)25-21(29)18-13-12-14-26(8)28(18)10/h15-16,18-20H,11-14H2,1-10H3,(H,25,29)/b17-15+. The molecule has 0 aromatic heterocycles. The minimum Gasteiger partial charge on any atom is -0.463 e. The van der Waals surface area contributed by atoms with Gasteiger partial charge in [-0.3, -0.25) is 9.59 Å². The third-order valence-electron chi connectivity index (χ3n) is 6.15. The first-order chi connectivity index (χ1) is 14.7. The molecule has 2 amide bonds. The quantitative estimate of drug-likeness (QED) is 0.450. The molecule has 1 aliphatic rings. The summed E-state index contributed by atoms with van der Waals surface area (Å²) in [5.74, 6) is -0.628. The first-order valence-electron chi connectivity index (χ1n) is 11.6. The number of hydrogen-bond donors (Lipinski definition) is 1. The molecule has 8 heteroatoms. The van der Waals surface area contributed by atoms with Crippen LogP contribution in [0.2, 0.25) is 0 Å². The Bertz CT molecular complexity index is 699. The summed E-state index contributed by atoms with van der Waals surface area (Å²) < 4.78 is 5.09. The minimum absolute atomic E-state index is 0.0720. The first-order valence-corrected chi connectivity index (χ1v) is 11.6. The van der Waals surface area contributed by atoms with Crippen LogP contribution in [-0.2, 0) is 19.1 Å². The molecule has 0 spiro atoms. The van der Waals surface area contributed by atoms with Crippen LogP contribution in [0.15, 0.2) is 11.6 Å². The van der Waals surface area contributed by atoms with E-state index in [0.29, 0.717) is 12.2 Å². The smallest absolute Gasteiger partial charge is 0.333 e. The fraction of sp³-hybridized carbons (Fsp3) is 0.792. The van der Waals surface area contributed by atoms with Crippen LogP contribution in [0.3, 0.4) is 0 Å². The van der Waals surface area contributed by atoms with Crippen LogP contribution < -0.4 is 5.32 Å². The van der Waals surface area contributed by atoms with Crippen molar-refractivity contribution in [1.29, 1.82) is 0 Å². The number of hydrogen-bond acceptors (Lipinski definition) is 6. The average Bonchev–Trinajstić information content (AvgIpc) is 2.69. The van der Waals surface area contributed by atoms with Gasteiger partial charge < -0.3 is 15.0 Å². The number of ether oxygens (including phenoxy) is 1. The fourth-order valence-electron chi connectivity index (χ4n) is 3.96. The maximum absolute atomic E-state index is 13.6. The molecular weight excluding hydrogens is 408 g/mol. The maximum atomic E-state index is 13.6. The van der Waals surface area contributed by atoms with E-state index in [2.05, 4.69) is 5.32 Å². The van der Waals surface area contributed by atoms with E-state index in [1.807, 2.05) is 58.7 Å². The molecule has 0 radical (unpaired) electrons. The number of hydrazine groups is 1. The van der Waals surface area contributed by atoms with Gasteiger partial charge in [0, 0.05) is 33.3 Å². The van der Waals surface area contributed by atoms with Gasteiger partial charge in [0.2, 0.25) is 11.8 Å². The van der Waals surface area contributed by atoms with Gasteiger partial charge in [-0.05, 0) is 38.0 Å². The topological polar surface area (TPSA) is 82.2 Å². The Hall–Kier alpha value is -1.93. The van der Waals surface area contributed by atoms with Gasteiger partial charge in [-0.2, -0.15) is 0 Å². The highest BCUT2D eigenvalue weighted by Gasteiger charge is 2.39. The Morgan fingerprint density at radius 2 is 1.81 bits per heavy atom. The van der Waals surface area contributed by atoms with Crippen molar-refractivity contribution in [3.63, 3.8) is 0 Å². The molecule has 8 nitrogen and oxygen atoms in total. The van der Waals surface area contributed by atoms with Crippen LogP contribution in [0.5, 0.6) is 0 Å². The molecule has 3 atom stereocenters. The summed E-state index contributed by atoms with van der Waals surface area (Å²) in [6.07, 6.45) is 3.47. The van der Waals surface area contributed by atoms with Crippen molar-refractivity contribution in [2.75, 3.05) is 34.3 Å². The predicted octanol–water partition coefficient (Wildman–Crippen LogP) is 2.45. The molecule has 0 aromatic carbocycles. The van der Waals surface area contributed by atoms with E-state index in [4.69, 9.17) is 4.74 Å².